The summed E-state index contributed by atoms with van der Waals surface area (Å²) in [5.74, 6) is -1.10. The topological polar surface area (TPSA) is 90.8 Å². The fourth-order valence-electron chi connectivity index (χ4n) is 2.78. The van der Waals surface area contributed by atoms with Crippen molar-refractivity contribution in [3.63, 3.8) is 0 Å². The molecule has 0 atom stereocenters. The van der Waals surface area contributed by atoms with Crippen molar-refractivity contribution in [1.82, 2.24) is 9.13 Å². The molecule has 24 heavy (non-hydrogen) atoms. The first-order valence-corrected chi connectivity index (χ1v) is 7.69. The smallest absolute Gasteiger partial charge is 0.218 e. The molecular formula is C16H14Cl2N2O4. The van der Waals surface area contributed by atoms with E-state index in [-0.39, 0.29) is 33.6 Å². The summed E-state index contributed by atoms with van der Waals surface area (Å²) in [6, 6.07) is 5.85. The molecule has 6 nitrogen and oxygen atoms in total. The number of halogens is 2. The van der Waals surface area contributed by atoms with Crippen molar-refractivity contribution in [3.8, 4) is 34.9 Å². The molecule has 0 saturated heterocycles. The van der Waals surface area contributed by atoms with Gasteiger partial charge in [-0.15, -0.1) is 0 Å². The molecule has 0 saturated carbocycles. The second-order valence-corrected chi connectivity index (χ2v) is 6.21. The Hall–Kier alpha value is -2.44. The predicted octanol–water partition coefficient (Wildman–Crippen LogP) is 4.01. The van der Waals surface area contributed by atoms with Gasteiger partial charge in [-0.1, -0.05) is 29.3 Å². The lowest BCUT2D eigenvalue weighted by atomic mass is 10.1. The molecule has 0 amide bonds. The number of nitrogens with zero attached hydrogens (tertiary/aromatic N) is 2. The first-order valence-electron chi connectivity index (χ1n) is 6.93. The lowest BCUT2D eigenvalue weighted by Crippen LogP contribution is -2.04. The van der Waals surface area contributed by atoms with Gasteiger partial charge in [-0.05, 0) is 31.0 Å². The number of hydrogen-bond donors (Lipinski definition) is 4. The maximum absolute atomic E-state index is 10.1. The van der Waals surface area contributed by atoms with Gasteiger partial charge in [0.15, 0.2) is 11.8 Å². The number of aromatic nitrogens is 2. The molecule has 0 radical (unpaired) electrons. The summed E-state index contributed by atoms with van der Waals surface area (Å²) in [5, 5.41) is 40.3. The molecule has 2 aromatic heterocycles. The summed E-state index contributed by atoms with van der Waals surface area (Å²) in [5.41, 5.74) is 2.22. The molecule has 8 heteroatoms. The number of aromatic hydroxyl groups is 4. The van der Waals surface area contributed by atoms with Crippen molar-refractivity contribution in [1.29, 1.82) is 0 Å². The average molecular weight is 369 g/mol. The molecule has 3 aromatic rings. The van der Waals surface area contributed by atoms with Crippen molar-refractivity contribution in [2.24, 2.45) is 0 Å². The molecule has 4 N–H and O–H groups in total. The zero-order valence-corrected chi connectivity index (χ0v) is 14.3. The Kier molecular flexibility index (Phi) is 3.81. The molecule has 0 bridgehead atoms. The minimum Gasteiger partial charge on any atom is -0.494 e. The fourth-order valence-corrected chi connectivity index (χ4v) is 3.15. The average Bonchev–Trinajstić information content (AvgIpc) is 2.90. The van der Waals surface area contributed by atoms with Crippen LogP contribution >= 0.6 is 23.2 Å². The van der Waals surface area contributed by atoms with Crippen molar-refractivity contribution in [3.05, 3.63) is 45.4 Å². The third-order valence-corrected chi connectivity index (χ3v) is 4.45. The third-order valence-electron chi connectivity index (χ3n) is 3.89. The second-order valence-electron chi connectivity index (χ2n) is 5.39. The quantitative estimate of drug-likeness (QED) is 0.549. The summed E-state index contributed by atoms with van der Waals surface area (Å²) in [7, 11) is 0. The van der Waals surface area contributed by atoms with Gasteiger partial charge in [0.1, 0.15) is 10.0 Å². The maximum atomic E-state index is 10.1. The molecule has 1 aromatic carbocycles. The molecule has 0 spiro atoms. The SMILES string of the molecule is Cc1ccc(-n2c(O)cc(Cl)c2O)c(C)c1-n1c(O)cc(Cl)c1O. The van der Waals surface area contributed by atoms with E-state index in [1.807, 2.05) is 0 Å². The van der Waals surface area contributed by atoms with Crippen LogP contribution in [0.25, 0.3) is 11.4 Å². The number of hydrogen-bond acceptors (Lipinski definition) is 4. The van der Waals surface area contributed by atoms with E-state index in [1.165, 1.54) is 21.3 Å². The van der Waals surface area contributed by atoms with Gasteiger partial charge in [-0.2, -0.15) is 0 Å². The van der Waals surface area contributed by atoms with E-state index in [0.29, 0.717) is 16.9 Å². The second kappa shape index (κ2) is 5.58. The van der Waals surface area contributed by atoms with E-state index in [2.05, 4.69) is 0 Å². The Balaban J connectivity index is 2.34. The zero-order chi connectivity index (χ0) is 17.8. The molecule has 0 aliphatic rings. The van der Waals surface area contributed by atoms with E-state index < -0.39 is 0 Å². The normalized spacial score (nSPS) is 11.2. The van der Waals surface area contributed by atoms with Crippen LogP contribution < -0.4 is 0 Å². The van der Waals surface area contributed by atoms with Crippen LogP contribution in [-0.4, -0.2) is 29.6 Å². The Bertz CT molecular complexity index is 960. The molecule has 3 rings (SSSR count). The van der Waals surface area contributed by atoms with Crippen LogP contribution in [0.2, 0.25) is 10.0 Å². The number of benzene rings is 1. The first kappa shape index (κ1) is 16.4. The van der Waals surface area contributed by atoms with Crippen molar-refractivity contribution in [2.45, 2.75) is 13.8 Å². The number of aryl methyl sites for hydroxylation is 1. The predicted molar refractivity (Wildman–Crippen MR) is 91.2 cm³/mol. The minimum atomic E-state index is -0.314. The van der Waals surface area contributed by atoms with Crippen LogP contribution in [0.5, 0.6) is 23.5 Å². The highest BCUT2D eigenvalue weighted by Gasteiger charge is 2.22. The minimum absolute atomic E-state index is 0.00345. The van der Waals surface area contributed by atoms with E-state index in [4.69, 9.17) is 23.2 Å². The van der Waals surface area contributed by atoms with Gasteiger partial charge >= 0.3 is 0 Å². The van der Waals surface area contributed by atoms with Crippen LogP contribution in [0.4, 0.5) is 0 Å². The largest absolute Gasteiger partial charge is 0.494 e. The van der Waals surface area contributed by atoms with Crippen molar-refractivity contribution < 1.29 is 20.4 Å². The number of rotatable bonds is 2. The van der Waals surface area contributed by atoms with Crippen LogP contribution in [0.1, 0.15) is 11.1 Å². The molecule has 0 fully saturated rings. The van der Waals surface area contributed by atoms with Gasteiger partial charge in [0.25, 0.3) is 0 Å². The van der Waals surface area contributed by atoms with Crippen molar-refractivity contribution >= 4 is 23.2 Å². The lowest BCUT2D eigenvalue weighted by Gasteiger charge is -2.18. The Morgan fingerprint density at radius 1 is 0.792 bits per heavy atom. The van der Waals surface area contributed by atoms with E-state index in [9.17, 15) is 20.4 Å². The monoisotopic (exact) mass is 368 g/mol. The summed E-state index contributed by atoms with van der Waals surface area (Å²) in [4.78, 5) is 0. The van der Waals surface area contributed by atoms with Crippen LogP contribution in [0, 0.1) is 13.8 Å². The van der Waals surface area contributed by atoms with Crippen LogP contribution in [-0.2, 0) is 0 Å². The lowest BCUT2D eigenvalue weighted by molar-refractivity contribution is 0.400. The molecule has 0 unspecified atom stereocenters. The summed E-state index contributed by atoms with van der Waals surface area (Å²) in [6.45, 7) is 3.51. The van der Waals surface area contributed by atoms with Gasteiger partial charge in [0.05, 0.1) is 11.4 Å². The van der Waals surface area contributed by atoms with E-state index in [0.717, 1.165) is 5.56 Å². The molecule has 0 aliphatic heterocycles. The molecular weight excluding hydrogens is 355 g/mol. The maximum Gasteiger partial charge on any atom is 0.218 e. The van der Waals surface area contributed by atoms with Gasteiger partial charge in [0.2, 0.25) is 11.8 Å². The highest BCUT2D eigenvalue weighted by Crippen LogP contribution is 2.41. The van der Waals surface area contributed by atoms with Gasteiger partial charge in [0, 0.05) is 12.1 Å². The fraction of sp³-hybridized carbons (Fsp3) is 0.125. The van der Waals surface area contributed by atoms with Crippen LogP contribution in [0.15, 0.2) is 24.3 Å². The third kappa shape index (κ3) is 2.26. The molecule has 126 valence electrons. The van der Waals surface area contributed by atoms with Crippen molar-refractivity contribution in [2.75, 3.05) is 0 Å². The zero-order valence-electron chi connectivity index (χ0n) is 12.7. The highest BCUT2D eigenvalue weighted by atomic mass is 35.5. The summed E-state index contributed by atoms with van der Waals surface area (Å²) in [6.07, 6.45) is 0. The Morgan fingerprint density at radius 2 is 1.29 bits per heavy atom. The van der Waals surface area contributed by atoms with Crippen LogP contribution in [0.3, 0.4) is 0 Å². The highest BCUT2D eigenvalue weighted by molar-refractivity contribution is 6.32. The summed E-state index contributed by atoms with van der Waals surface area (Å²) < 4.78 is 2.36. The first-order chi connectivity index (χ1) is 11.2. The summed E-state index contributed by atoms with van der Waals surface area (Å²) >= 11 is 11.7. The molecule has 2 heterocycles. The Morgan fingerprint density at radius 3 is 1.75 bits per heavy atom. The van der Waals surface area contributed by atoms with Gasteiger partial charge in [-0.3, -0.25) is 0 Å². The Labute approximate surface area is 147 Å². The van der Waals surface area contributed by atoms with E-state index >= 15 is 0 Å². The molecule has 0 aliphatic carbocycles. The van der Waals surface area contributed by atoms with Gasteiger partial charge in [-0.25, -0.2) is 9.13 Å². The van der Waals surface area contributed by atoms with Gasteiger partial charge < -0.3 is 20.4 Å². The standard InChI is InChI=1S/C16H14Cl2N2O4/c1-7-3-4-11(19-12(21)5-9(17)15(19)23)8(2)14(7)20-13(22)6-10(18)16(20)24/h3-6,21-24H,1-2H3. The van der Waals surface area contributed by atoms with E-state index in [1.54, 1.807) is 26.0 Å².